The number of rotatable bonds is 6. The van der Waals surface area contributed by atoms with Crippen molar-refractivity contribution in [1.82, 2.24) is 20.5 Å². The molecule has 1 saturated carbocycles. The van der Waals surface area contributed by atoms with Crippen LogP contribution in [-0.2, 0) is 14.3 Å². The third kappa shape index (κ3) is 5.09. The van der Waals surface area contributed by atoms with Gasteiger partial charge in [0.15, 0.2) is 5.01 Å². The van der Waals surface area contributed by atoms with E-state index in [0.717, 1.165) is 24.2 Å². The summed E-state index contributed by atoms with van der Waals surface area (Å²) < 4.78 is 38.1. The highest BCUT2D eigenvalue weighted by molar-refractivity contribution is 7.15. The predicted octanol–water partition coefficient (Wildman–Crippen LogP) is 2.81. The van der Waals surface area contributed by atoms with Crippen LogP contribution in [0.2, 0.25) is 0 Å². The van der Waals surface area contributed by atoms with Crippen molar-refractivity contribution in [2.45, 2.75) is 31.7 Å². The molecule has 0 bridgehead atoms. The molecule has 1 unspecified atom stereocenters. The van der Waals surface area contributed by atoms with Crippen molar-refractivity contribution in [3.63, 3.8) is 0 Å². The molecule has 2 amide bonds. The minimum Gasteiger partial charge on any atom is -0.495 e. The largest absolute Gasteiger partial charge is 0.495 e. The predicted molar refractivity (Wildman–Crippen MR) is 138 cm³/mol. The maximum absolute atomic E-state index is 13.7. The van der Waals surface area contributed by atoms with Gasteiger partial charge in [-0.05, 0) is 30.9 Å². The minimum absolute atomic E-state index is 0.0945. The summed E-state index contributed by atoms with van der Waals surface area (Å²) >= 11 is 1.14. The molecule has 2 N–H and O–H groups in total. The van der Waals surface area contributed by atoms with Crippen LogP contribution in [0.5, 0.6) is 0 Å². The number of hydrogen-bond donors (Lipinski definition) is 2. The Balaban J connectivity index is 1.35. The highest BCUT2D eigenvalue weighted by Crippen LogP contribution is 2.41. The summed E-state index contributed by atoms with van der Waals surface area (Å²) in [4.78, 5) is 32.3. The molecule has 202 valence electrons. The van der Waals surface area contributed by atoms with Gasteiger partial charge in [0.2, 0.25) is 11.0 Å². The van der Waals surface area contributed by atoms with Gasteiger partial charge in [0.1, 0.15) is 17.6 Å². The second kappa shape index (κ2) is 10.0. The lowest BCUT2D eigenvalue weighted by atomic mass is 9.85. The number of carbonyl (C=O) groups is 2. The Morgan fingerprint density at radius 1 is 1.36 bits per heavy atom. The van der Waals surface area contributed by atoms with E-state index in [-0.39, 0.29) is 38.9 Å². The number of aromatic nitrogens is 3. The molecule has 3 aliphatic heterocycles. The van der Waals surface area contributed by atoms with Crippen molar-refractivity contribution in [1.29, 1.82) is 0 Å². The minimum atomic E-state index is -2.71. The monoisotopic (exact) mass is 554 g/mol. The number of halogens is 2. The fraction of sp³-hybridized carbons (Fsp3) is 0.423. The zero-order chi connectivity index (χ0) is 27.1. The lowest BCUT2D eigenvalue weighted by Crippen LogP contribution is -2.44. The molecule has 6 rings (SSSR count). The molecule has 2 aromatic rings. The second-order valence-electron chi connectivity index (χ2n) is 9.97. The lowest BCUT2D eigenvalue weighted by molar-refractivity contribution is -0.126. The first kappa shape index (κ1) is 25.4. The number of hydrogen-bond acceptors (Lipinski definition) is 9. The fourth-order valence-corrected chi connectivity index (χ4v) is 5.26. The van der Waals surface area contributed by atoms with Gasteiger partial charge in [-0.1, -0.05) is 17.3 Å². The molecule has 0 radical (unpaired) electrons. The maximum Gasteiger partial charge on any atom is 0.261 e. The van der Waals surface area contributed by atoms with E-state index in [2.05, 4.69) is 37.7 Å². The van der Waals surface area contributed by atoms with Crippen molar-refractivity contribution in [2.75, 3.05) is 37.1 Å². The Kier molecular flexibility index (Phi) is 6.52. The van der Waals surface area contributed by atoms with Crippen LogP contribution in [0.3, 0.4) is 0 Å². The van der Waals surface area contributed by atoms with Gasteiger partial charge < -0.3 is 14.8 Å². The van der Waals surface area contributed by atoms with E-state index in [1.165, 1.54) is 25.6 Å². The summed E-state index contributed by atoms with van der Waals surface area (Å²) in [5.74, 6) is 6.34. The Labute approximate surface area is 226 Å². The Hall–Kier alpha value is -3.89. The summed E-state index contributed by atoms with van der Waals surface area (Å²) in [6.07, 6.45) is 3.76. The number of allylic oxidation sites excluding steroid dienone is 1. The van der Waals surface area contributed by atoms with E-state index in [4.69, 9.17) is 9.47 Å². The number of methoxy groups -OCH3 is 1. The van der Waals surface area contributed by atoms with Crippen LogP contribution < -0.4 is 15.5 Å². The summed E-state index contributed by atoms with van der Waals surface area (Å²) in [5.41, 5.74) is 0.405. The number of alkyl halides is 2. The van der Waals surface area contributed by atoms with Gasteiger partial charge in [-0.15, -0.1) is 10.2 Å². The molecule has 3 fully saturated rings. The summed E-state index contributed by atoms with van der Waals surface area (Å²) in [5, 5.41) is 14.0. The average Bonchev–Trinajstić information content (AvgIpc) is 3.52. The fourth-order valence-electron chi connectivity index (χ4n) is 4.66. The molecular formula is C26H24F2N6O4S. The maximum atomic E-state index is 13.7. The molecule has 1 aliphatic carbocycles. The van der Waals surface area contributed by atoms with Gasteiger partial charge in [0.25, 0.3) is 12.3 Å². The number of amides is 2. The summed E-state index contributed by atoms with van der Waals surface area (Å²) in [6, 6.07) is 0.260. The summed E-state index contributed by atoms with van der Waals surface area (Å²) in [6.45, 7) is 1.40. The standard InChI is InChI=1S/C26H24F2N6O4S/c1-37-19-10-29-18(23(27)28)6-16(19)15-7-20(34-11-26(8-22(34)35)12-38-13-26)30-9-17(15)24(36)31-25-33-32-21(39-25)5-4-14-2-3-14/h6-7,9-10,14,18,23,29H,2-3,8,11-13H2,1H3,(H,31,33,36). The van der Waals surface area contributed by atoms with Gasteiger partial charge in [-0.2, -0.15) is 0 Å². The van der Waals surface area contributed by atoms with E-state index in [1.54, 1.807) is 11.0 Å². The smallest absolute Gasteiger partial charge is 0.261 e. The van der Waals surface area contributed by atoms with Crippen LogP contribution in [0.1, 0.15) is 40.2 Å². The zero-order valence-electron chi connectivity index (χ0n) is 20.9. The molecule has 39 heavy (non-hydrogen) atoms. The molecule has 10 nitrogen and oxygen atoms in total. The number of ether oxygens (including phenoxy) is 2. The van der Waals surface area contributed by atoms with Crippen LogP contribution in [0.15, 0.2) is 30.3 Å². The van der Waals surface area contributed by atoms with E-state index < -0.39 is 18.4 Å². The van der Waals surface area contributed by atoms with E-state index >= 15 is 0 Å². The van der Waals surface area contributed by atoms with Crippen molar-refractivity contribution in [3.05, 3.63) is 46.4 Å². The molecule has 5 heterocycles. The Bertz CT molecular complexity index is 1450. The SMILES string of the molecule is COC1=CNC(C(F)F)C=C1c1cc(N2CC3(COC3)CC2=O)ncc1C(=O)Nc1nnc(C#CC2CC2)s1. The van der Waals surface area contributed by atoms with Crippen LogP contribution in [0.25, 0.3) is 5.57 Å². The number of dihydropyridines is 1. The first-order chi connectivity index (χ1) is 18.8. The number of carbonyl (C=O) groups excluding carboxylic acids is 2. The second-order valence-corrected chi connectivity index (χ2v) is 10.9. The molecule has 0 aromatic carbocycles. The Morgan fingerprint density at radius 2 is 2.18 bits per heavy atom. The van der Waals surface area contributed by atoms with Crippen LogP contribution >= 0.6 is 11.3 Å². The highest BCUT2D eigenvalue weighted by Gasteiger charge is 2.49. The molecule has 4 aliphatic rings. The van der Waals surface area contributed by atoms with Crippen molar-refractivity contribution < 1.29 is 27.8 Å². The topological polar surface area (TPSA) is 119 Å². The molecule has 2 aromatic heterocycles. The quantitative estimate of drug-likeness (QED) is 0.524. The van der Waals surface area contributed by atoms with Crippen LogP contribution in [-0.4, -0.2) is 66.3 Å². The van der Waals surface area contributed by atoms with Crippen LogP contribution in [0.4, 0.5) is 19.7 Å². The van der Waals surface area contributed by atoms with E-state index in [0.29, 0.717) is 42.9 Å². The average molecular weight is 555 g/mol. The number of nitrogens with one attached hydrogen (secondary N) is 2. The lowest BCUT2D eigenvalue weighted by Gasteiger charge is -2.36. The van der Waals surface area contributed by atoms with Crippen LogP contribution in [0, 0.1) is 23.2 Å². The van der Waals surface area contributed by atoms with Crippen molar-refractivity contribution in [2.24, 2.45) is 11.3 Å². The first-order valence-corrected chi connectivity index (χ1v) is 13.2. The molecule has 2 saturated heterocycles. The van der Waals surface area contributed by atoms with Gasteiger partial charge in [-0.3, -0.25) is 19.8 Å². The third-order valence-corrected chi connectivity index (χ3v) is 7.71. The van der Waals surface area contributed by atoms with Gasteiger partial charge in [-0.25, -0.2) is 13.8 Å². The highest BCUT2D eigenvalue weighted by atomic mass is 32.1. The van der Waals surface area contributed by atoms with Gasteiger partial charge >= 0.3 is 0 Å². The third-order valence-electron chi connectivity index (χ3n) is 6.95. The van der Waals surface area contributed by atoms with E-state index in [1.807, 2.05) is 0 Å². The van der Waals surface area contributed by atoms with E-state index in [9.17, 15) is 18.4 Å². The number of anilines is 2. The summed E-state index contributed by atoms with van der Waals surface area (Å²) in [7, 11) is 1.40. The van der Waals surface area contributed by atoms with Crippen molar-refractivity contribution >= 4 is 39.7 Å². The number of pyridine rings is 1. The zero-order valence-corrected chi connectivity index (χ0v) is 21.7. The molecular weight excluding hydrogens is 530 g/mol. The first-order valence-electron chi connectivity index (χ1n) is 12.4. The molecule has 13 heteroatoms. The number of nitrogens with zero attached hydrogens (tertiary/aromatic N) is 4. The van der Waals surface area contributed by atoms with Gasteiger partial charge in [0.05, 0.1) is 25.9 Å². The van der Waals surface area contributed by atoms with Gasteiger partial charge in [0, 0.05) is 47.8 Å². The molecule has 1 atom stereocenters. The normalized spacial score (nSPS) is 21.5. The van der Waals surface area contributed by atoms with Crippen molar-refractivity contribution in [3.8, 4) is 11.8 Å². The Morgan fingerprint density at radius 3 is 2.85 bits per heavy atom. The molecule has 1 spiro atoms.